The first kappa shape index (κ1) is 13.7. The van der Waals surface area contributed by atoms with Crippen molar-refractivity contribution < 1.29 is 14.3 Å². The van der Waals surface area contributed by atoms with Crippen molar-refractivity contribution in [3.63, 3.8) is 0 Å². The molecule has 1 saturated carbocycles. The summed E-state index contributed by atoms with van der Waals surface area (Å²) in [5.41, 5.74) is -0.848. The Bertz CT molecular complexity index is 265. The first-order valence-corrected chi connectivity index (χ1v) is 6.97. The monoisotopic (exact) mass is 290 g/mol. The molecule has 0 amide bonds. The van der Waals surface area contributed by atoms with Crippen molar-refractivity contribution in [2.24, 2.45) is 5.41 Å². The smallest absolute Gasteiger partial charge is 0.319 e. The quantitative estimate of drug-likeness (QED) is 0.346. The molecule has 0 aromatic heterocycles. The Morgan fingerprint density at radius 1 is 1.44 bits per heavy atom. The Hall–Kier alpha value is -0.380. The van der Waals surface area contributed by atoms with Crippen LogP contribution in [0.3, 0.4) is 0 Å². The molecule has 4 heteroatoms. The maximum atomic E-state index is 12.1. The summed E-state index contributed by atoms with van der Waals surface area (Å²) in [6, 6.07) is 0. The number of esters is 1. The molecule has 1 fully saturated rings. The van der Waals surface area contributed by atoms with E-state index in [1.165, 1.54) is 7.11 Å². The highest BCUT2D eigenvalue weighted by Crippen LogP contribution is 2.37. The predicted octanol–water partition coefficient (Wildman–Crippen LogP) is 2.85. The summed E-state index contributed by atoms with van der Waals surface area (Å²) in [5, 5.41) is 0.818. The van der Waals surface area contributed by atoms with Crippen LogP contribution in [0.5, 0.6) is 0 Å². The molecule has 1 aliphatic rings. The lowest BCUT2D eigenvalue weighted by atomic mass is 9.75. The van der Waals surface area contributed by atoms with Crippen LogP contribution in [0.15, 0.2) is 0 Å². The summed E-state index contributed by atoms with van der Waals surface area (Å²) >= 11 is 3.35. The third kappa shape index (κ3) is 2.84. The number of ether oxygens (including phenoxy) is 1. The second-order valence-corrected chi connectivity index (χ2v) is 5.14. The minimum absolute atomic E-state index is 0.0813. The van der Waals surface area contributed by atoms with Gasteiger partial charge in [0.25, 0.3) is 0 Å². The van der Waals surface area contributed by atoms with E-state index in [0.717, 1.165) is 31.0 Å². The van der Waals surface area contributed by atoms with Gasteiger partial charge in [0.2, 0.25) is 0 Å². The minimum Gasteiger partial charge on any atom is -0.468 e. The molecule has 0 heterocycles. The number of hydrogen-bond acceptors (Lipinski definition) is 3. The number of Topliss-reactive ketones (excluding diaryl/α,β-unsaturated/α-hetero) is 1. The Kier molecular flexibility index (Phi) is 5.46. The fourth-order valence-corrected chi connectivity index (χ4v) is 2.69. The van der Waals surface area contributed by atoms with Crippen LogP contribution in [-0.4, -0.2) is 24.2 Å². The van der Waals surface area contributed by atoms with Gasteiger partial charge >= 0.3 is 5.97 Å². The maximum absolute atomic E-state index is 12.1. The van der Waals surface area contributed by atoms with Gasteiger partial charge in [0.1, 0.15) is 11.2 Å². The number of alkyl halides is 1. The van der Waals surface area contributed by atoms with E-state index in [1.54, 1.807) is 0 Å². The van der Waals surface area contributed by atoms with E-state index in [9.17, 15) is 9.59 Å². The summed E-state index contributed by atoms with van der Waals surface area (Å²) < 4.78 is 4.84. The fraction of sp³-hybridized carbons (Fsp3) is 0.833. The highest BCUT2D eigenvalue weighted by molar-refractivity contribution is 9.09. The standard InChI is InChI=1S/C12H19BrO3/c1-16-11(15)12(8-5-9-13)7-4-2-3-6-10(12)14/h2-9H2,1H3. The van der Waals surface area contributed by atoms with Crippen molar-refractivity contribution in [1.82, 2.24) is 0 Å². The number of carbonyl (C=O) groups is 2. The van der Waals surface area contributed by atoms with E-state index in [0.29, 0.717) is 19.3 Å². The molecule has 1 aliphatic carbocycles. The molecule has 1 unspecified atom stereocenters. The Morgan fingerprint density at radius 2 is 2.19 bits per heavy atom. The van der Waals surface area contributed by atoms with E-state index in [4.69, 9.17) is 4.74 Å². The van der Waals surface area contributed by atoms with Crippen LogP contribution in [-0.2, 0) is 14.3 Å². The zero-order chi connectivity index (χ0) is 12.0. The van der Waals surface area contributed by atoms with E-state index in [1.807, 2.05) is 0 Å². The third-order valence-corrected chi connectivity index (χ3v) is 3.92. The van der Waals surface area contributed by atoms with Gasteiger partial charge in [-0.1, -0.05) is 28.8 Å². The summed E-state index contributed by atoms with van der Waals surface area (Å²) in [6.07, 6.45) is 5.53. The van der Waals surface area contributed by atoms with Crippen LogP contribution in [0.4, 0.5) is 0 Å². The number of ketones is 1. The highest BCUT2D eigenvalue weighted by Gasteiger charge is 2.45. The van der Waals surface area contributed by atoms with Crippen LogP contribution in [0, 0.1) is 5.41 Å². The second-order valence-electron chi connectivity index (χ2n) is 4.35. The Morgan fingerprint density at radius 3 is 2.81 bits per heavy atom. The predicted molar refractivity (Wildman–Crippen MR) is 65.6 cm³/mol. The van der Waals surface area contributed by atoms with Gasteiger partial charge in [-0.3, -0.25) is 9.59 Å². The van der Waals surface area contributed by atoms with E-state index in [-0.39, 0.29) is 11.8 Å². The molecule has 16 heavy (non-hydrogen) atoms. The SMILES string of the molecule is COC(=O)C1(CCCBr)CCCCCC1=O. The van der Waals surface area contributed by atoms with E-state index >= 15 is 0 Å². The third-order valence-electron chi connectivity index (χ3n) is 3.35. The molecule has 0 radical (unpaired) electrons. The minimum atomic E-state index is -0.848. The average Bonchev–Trinajstić information content (AvgIpc) is 2.49. The lowest BCUT2D eigenvalue weighted by Crippen LogP contribution is -2.39. The van der Waals surface area contributed by atoms with Crippen molar-refractivity contribution in [1.29, 1.82) is 0 Å². The zero-order valence-corrected chi connectivity index (χ0v) is 11.3. The Labute approximate surface area is 105 Å². The highest BCUT2D eigenvalue weighted by atomic mass is 79.9. The molecule has 0 N–H and O–H groups in total. The van der Waals surface area contributed by atoms with Gasteiger partial charge in [0.15, 0.2) is 0 Å². The van der Waals surface area contributed by atoms with Gasteiger partial charge in [-0.25, -0.2) is 0 Å². The molecule has 92 valence electrons. The molecule has 3 nitrogen and oxygen atoms in total. The van der Waals surface area contributed by atoms with Gasteiger partial charge in [0.05, 0.1) is 7.11 Å². The van der Waals surface area contributed by atoms with Gasteiger partial charge in [-0.15, -0.1) is 0 Å². The van der Waals surface area contributed by atoms with Crippen molar-refractivity contribution in [2.75, 3.05) is 12.4 Å². The molecule has 0 saturated heterocycles. The van der Waals surface area contributed by atoms with Crippen molar-refractivity contribution >= 4 is 27.7 Å². The largest absolute Gasteiger partial charge is 0.468 e. The van der Waals surface area contributed by atoms with Crippen molar-refractivity contribution in [2.45, 2.75) is 44.9 Å². The molecule has 0 spiro atoms. The zero-order valence-electron chi connectivity index (χ0n) is 9.76. The molecule has 0 aromatic rings. The summed E-state index contributed by atoms with van der Waals surface area (Å²) in [5.74, 6) is -0.252. The molecule has 1 rings (SSSR count). The number of rotatable bonds is 4. The topological polar surface area (TPSA) is 43.4 Å². The van der Waals surface area contributed by atoms with Crippen molar-refractivity contribution in [3.05, 3.63) is 0 Å². The maximum Gasteiger partial charge on any atom is 0.319 e. The van der Waals surface area contributed by atoms with Crippen LogP contribution in [0.1, 0.15) is 44.9 Å². The average molecular weight is 291 g/mol. The van der Waals surface area contributed by atoms with Crippen LogP contribution < -0.4 is 0 Å². The van der Waals surface area contributed by atoms with Gasteiger partial charge in [0, 0.05) is 11.8 Å². The van der Waals surface area contributed by atoms with Crippen LogP contribution in [0.25, 0.3) is 0 Å². The first-order valence-electron chi connectivity index (χ1n) is 5.85. The van der Waals surface area contributed by atoms with Gasteiger partial charge in [-0.05, 0) is 25.7 Å². The lowest BCUT2D eigenvalue weighted by Gasteiger charge is -2.27. The summed E-state index contributed by atoms with van der Waals surface area (Å²) in [7, 11) is 1.37. The number of halogens is 1. The Balaban J connectivity index is 2.89. The number of methoxy groups -OCH3 is 1. The lowest BCUT2D eigenvalue weighted by molar-refractivity contribution is -0.159. The van der Waals surface area contributed by atoms with Gasteiger partial charge in [-0.2, -0.15) is 0 Å². The molecule has 0 bridgehead atoms. The number of carbonyl (C=O) groups excluding carboxylic acids is 2. The van der Waals surface area contributed by atoms with Crippen molar-refractivity contribution in [3.8, 4) is 0 Å². The summed E-state index contributed by atoms with van der Waals surface area (Å²) in [4.78, 5) is 24.0. The summed E-state index contributed by atoms with van der Waals surface area (Å²) in [6.45, 7) is 0. The molecular weight excluding hydrogens is 272 g/mol. The first-order chi connectivity index (χ1) is 7.67. The van der Waals surface area contributed by atoms with Gasteiger partial charge < -0.3 is 4.74 Å². The van der Waals surface area contributed by atoms with Crippen LogP contribution in [0.2, 0.25) is 0 Å². The molecule has 0 aromatic carbocycles. The number of hydrogen-bond donors (Lipinski definition) is 0. The van der Waals surface area contributed by atoms with E-state index in [2.05, 4.69) is 15.9 Å². The molecule has 0 aliphatic heterocycles. The second kappa shape index (κ2) is 6.38. The normalized spacial score (nSPS) is 26.2. The molecular formula is C12H19BrO3. The molecule has 1 atom stereocenters. The van der Waals surface area contributed by atoms with Crippen LogP contribution >= 0.6 is 15.9 Å². The fourth-order valence-electron chi connectivity index (χ4n) is 2.41. The van der Waals surface area contributed by atoms with E-state index < -0.39 is 5.41 Å².